The summed E-state index contributed by atoms with van der Waals surface area (Å²) in [6, 6.07) is 4.95. The third-order valence-electron chi connectivity index (χ3n) is 5.78. The molecule has 28 heavy (non-hydrogen) atoms. The lowest BCUT2D eigenvalue weighted by Gasteiger charge is -2.38. The minimum atomic E-state index is -3.57. The van der Waals surface area contributed by atoms with Crippen molar-refractivity contribution in [2.75, 3.05) is 19.6 Å². The molecule has 158 valence electrons. The summed E-state index contributed by atoms with van der Waals surface area (Å²) in [6.45, 7) is 5.50. The van der Waals surface area contributed by atoms with Crippen LogP contribution in [0.4, 0.5) is 0 Å². The lowest BCUT2D eigenvalue weighted by atomic mass is 9.96. The minimum absolute atomic E-state index is 0. The van der Waals surface area contributed by atoms with E-state index in [-0.39, 0.29) is 35.3 Å². The average Bonchev–Trinajstić information content (AvgIpc) is 2.68. The summed E-state index contributed by atoms with van der Waals surface area (Å²) in [7, 11) is -3.57. The van der Waals surface area contributed by atoms with Crippen LogP contribution in [0.1, 0.15) is 61.4 Å². The predicted octanol–water partition coefficient (Wildman–Crippen LogP) is 2.93. The first-order chi connectivity index (χ1) is 12.8. The monoisotopic (exact) mass is 429 g/mol. The molecule has 2 N–H and O–H groups in total. The van der Waals surface area contributed by atoms with Crippen LogP contribution in [-0.2, 0) is 10.0 Å². The summed E-state index contributed by atoms with van der Waals surface area (Å²) < 4.78 is 27.8. The Morgan fingerprint density at radius 1 is 1.11 bits per heavy atom. The fourth-order valence-electron chi connectivity index (χ4n) is 4.18. The van der Waals surface area contributed by atoms with Crippen molar-refractivity contribution in [3.8, 4) is 0 Å². The van der Waals surface area contributed by atoms with Crippen LogP contribution in [0, 0.1) is 6.92 Å². The van der Waals surface area contributed by atoms with Gasteiger partial charge >= 0.3 is 0 Å². The standard InChI is InChI=1S/C20H31N3O3S.ClH/c1-15-9-10-17(20(24)23-13-7-4-8-18(23)16(2)21)14-19(15)27(25,26)22-11-5-3-6-12-22;/h9-10,14,16,18H,3-8,11-13,21H2,1-2H3;1H. The summed E-state index contributed by atoms with van der Waals surface area (Å²) in [5.74, 6) is -0.118. The Bertz CT molecular complexity index is 792. The van der Waals surface area contributed by atoms with E-state index in [2.05, 4.69) is 0 Å². The number of likely N-dealkylation sites (tertiary alicyclic amines) is 1. The number of benzene rings is 1. The first-order valence-corrected chi connectivity index (χ1v) is 11.4. The molecule has 6 nitrogen and oxygen atoms in total. The Balaban J connectivity index is 0.00000280. The number of halogens is 1. The second-order valence-electron chi connectivity index (χ2n) is 7.87. The second kappa shape index (κ2) is 9.57. The number of carbonyl (C=O) groups is 1. The Kier molecular flexibility index (Phi) is 7.90. The van der Waals surface area contributed by atoms with E-state index in [0.717, 1.165) is 38.5 Å². The van der Waals surface area contributed by atoms with Crippen molar-refractivity contribution in [3.63, 3.8) is 0 Å². The van der Waals surface area contributed by atoms with Crippen molar-refractivity contribution < 1.29 is 13.2 Å². The molecule has 0 saturated carbocycles. The molecule has 2 fully saturated rings. The second-order valence-corrected chi connectivity index (χ2v) is 9.77. The van der Waals surface area contributed by atoms with E-state index < -0.39 is 10.0 Å². The molecule has 2 aliphatic heterocycles. The largest absolute Gasteiger partial charge is 0.334 e. The number of nitrogens with zero attached hydrogens (tertiary/aromatic N) is 2. The molecule has 1 aromatic rings. The van der Waals surface area contributed by atoms with Crippen molar-refractivity contribution in [2.24, 2.45) is 5.73 Å². The van der Waals surface area contributed by atoms with E-state index in [4.69, 9.17) is 5.73 Å². The van der Waals surface area contributed by atoms with E-state index in [1.165, 1.54) is 0 Å². The number of carbonyl (C=O) groups excluding carboxylic acids is 1. The maximum absolute atomic E-state index is 13.1. The number of amides is 1. The van der Waals surface area contributed by atoms with Crippen LogP contribution in [0.2, 0.25) is 0 Å². The first-order valence-electron chi connectivity index (χ1n) is 9.99. The number of nitrogens with two attached hydrogens (primary N) is 1. The first kappa shape index (κ1) is 23.1. The molecule has 2 atom stereocenters. The normalized spacial score (nSPS) is 22.4. The summed E-state index contributed by atoms with van der Waals surface area (Å²) in [4.78, 5) is 15.2. The van der Waals surface area contributed by atoms with Gasteiger partial charge in [0.25, 0.3) is 5.91 Å². The quantitative estimate of drug-likeness (QED) is 0.797. The van der Waals surface area contributed by atoms with Crippen LogP contribution >= 0.6 is 12.4 Å². The van der Waals surface area contributed by atoms with Gasteiger partial charge in [-0.15, -0.1) is 12.4 Å². The lowest BCUT2D eigenvalue weighted by molar-refractivity contribution is 0.0583. The SMILES string of the molecule is Cc1ccc(C(=O)N2CCCCC2C(C)N)cc1S(=O)(=O)N1CCCCC1.Cl. The molecular weight excluding hydrogens is 398 g/mol. The molecule has 2 unspecified atom stereocenters. The number of hydrogen-bond donors (Lipinski definition) is 1. The molecule has 1 aromatic carbocycles. The minimum Gasteiger partial charge on any atom is -0.334 e. The zero-order valence-electron chi connectivity index (χ0n) is 16.8. The maximum Gasteiger partial charge on any atom is 0.254 e. The number of piperidine rings is 2. The van der Waals surface area contributed by atoms with Crippen molar-refractivity contribution in [1.29, 1.82) is 0 Å². The van der Waals surface area contributed by atoms with Crippen LogP contribution in [0.3, 0.4) is 0 Å². The van der Waals surface area contributed by atoms with Crippen molar-refractivity contribution >= 4 is 28.3 Å². The third kappa shape index (κ3) is 4.70. The molecule has 2 saturated heterocycles. The number of rotatable bonds is 4. The third-order valence-corrected chi connectivity index (χ3v) is 7.83. The number of hydrogen-bond acceptors (Lipinski definition) is 4. The Morgan fingerprint density at radius 2 is 1.75 bits per heavy atom. The van der Waals surface area contributed by atoms with Gasteiger partial charge in [0, 0.05) is 37.3 Å². The van der Waals surface area contributed by atoms with Gasteiger partial charge in [-0.1, -0.05) is 12.5 Å². The van der Waals surface area contributed by atoms with Gasteiger partial charge in [0.05, 0.1) is 4.90 Å². The molecule has 2 aliphatic rings. The van der Waals surface area contributed by atoms with E-state index >= 15 is 0 Å². The van der Waals surface area contributed by atoms with E-state index in [1.54, 1.807) is 29.4 Å². The van der Waals surface area contributed by atoms with Crippen LogP contribution in [0.15, 0.2) is 23.1 Å². The highest BCUT2D eigenvalue weighted by molar-refractivity contribution is 7.89. The van der Waals surface area contributed by atoms with Crippen LogP contribution in [0.25, 0.3) is 0 Å². The van der Waals surface area contributed by atoms with Gasteiger partial charge in [0.2, 0.25) is 10.0 Å². The fraction of sp³-hybridized carbons (Fsp3) is 0.650. The molecule has 0 aliphatic carbocycles. The number of sulfonamides is 1. The molecule has 2 heterocycles. The Labute approximate surface area is 174 Å². The van der Waals surface area contributed by atoms with Gasteiger partial charge in [0.15, 0.2) is 0 Å². The number of aryl methyl sites for hydroxylation is 1. The maximum atomic E-state index is 13.1. The van der Waals surface area contributed by atoms with Gasteiger partial charge in [0.1, 0.15) is 0 Å². The van der Waals surface area contributed by atoms with Crippen molar-refractivity contribution in [1.82, 2.24) is 9.21 Å². The van der Waals surface area contributed by atoms with Gasteiger partial charge in [-0.25, -0.2) is 8.42 Å². The summed E-state index contributed by atoms with van der Waals surface area (Å²) in [5, 5.41) is 0. The summed E-state index contributed by atoms with van der Waals surface area (Å²) in [5.41, 5.74) is 7.21. The zero-order chi connectivity index (χ0) is 19.6. The van der Waals surface area contributed by atoms with Gasteiger partial charge < -0.3 is 10.6 Å². The molecule has 8 heteroatoms. The molecule has 3 rings (SSSR count). The molecular formula is C20H32ClN3O3S. The van der Waals surface area contributed by atoms with Crippen LogP contribution in [-0.4, -0.2) is 55.2 Å². The van der Waals surface area contributed by atoms with Gasteiger partial charge in [-0.3, -0.25) is 4.79 Å². The summed E-state index contributed by atoms with van der Waals surface area (Å²) >= 11 is 0. The molecule has 0 radical (unpaired) electrons. The Morgan fingerprint density at radius 3 is 2.39 bits per heavy atom. The molecule has 0 spiro atoms. The van der Waals surface area contributed by atoms with Gasteiger partial charge in [-0.2, -0.15) is 4.31 Å². The predicted molar refractivity (Wildman–Crippen MR) is 113 cm³/mol. The highest BCUT2D eigenvalue weighted by Gasteiger charge is 2.32. The summed E-state index contributed by atoms with van der Waals surface area (Å²) in [6.07, 6.45) is 5.77. The van der Waals surface area contributed by atoms with E-state index in [9.17, 15) is 13.2 Å². The van der Waals surface area contributed by atoms with Gasteiger partial charge in [-0.05, 0) is 63.6 Å². The fourth-order valence-corrected chi connectivity index (χ4v) is 5.95. The van der Waals surface area contributed by atoms with Crippen molar-refractivity contribution in [2.45, 2.75) is 69.4 Å². The van der Waals surface area contributed by atoms with Crippen molar-refractivity contribution in [3.05, 3.63) is 29.3 Å². The highest BCUT2D eigenvalue weighted by Crippen LogP contribution is 2.27. The Hall–Kier alpha value is -1.15. The van der Waals surface area contributed by atoms with Crippen LogP contribution < -0.4 is 5.73 Å². The molecule has 1 amide bonds. The van der Waals surface area contributed by atoms with E-state index in [1.807, 2.05) is 11.8 Å². The smallest absolute Gasteiger partial charge is 0.254 e. The molecule has 0 bridgehead atoms. The zero-order valence-corrected chi connectivity index (χ0v) is 18.4. The average molecular weight is 430 g/mol. The highest BCUT2D eigenvalue weighted by atomic mass is 35.5. The van der Waals surface area contributed by atoms with E-state index in [0.29, 0.717) is 30.8 Å². The van der Waals surface area contributed by atoms with Crippen LogP contribution in [0.5, 0.6) is 0 Å². The molecule has 0 aromatic heterocycles. The lowest BCUT2D eigenvalue weighted by Crippen LogP contribution is -2.51. The topological polar surface area (TPSA) is 83.7 Å².